The molecule has 0 aliphatic rings. The van der Waals surface area contributed by atoms with E-state index in [1.807, 2.05) is 53.0 Å². The standard InChI is InChI=1S/C31H23ClN4O4S/c1-2-25(19-9-15-23(16-10-19)40-41(39)24-17-13-22(37)14-18-24)31(38)33-21-11-7-20(8-12-21)29-28(32)30-34-26-5-3-4-6-27(26)36(30)35-29/h2-18,35,37H,1H3,(H,33,38)/b25-2+. The highest BCUT2D eigenvalue weighted by Gasteiger charge is 2.17. The summed E-state index contributed by atoms with van der Waals surface area (Å²) < 4.78 is 19.8. The smallest absolute Gasteiger partial charge is 0.255 e. The molecule has 4 aromatic carbocycles. The van der Waals surface area contributed by atoms with Crippen LogP contribution < -0.4 is 9.50 Å². The normalized spacial score (nSPS) is 12.5. The number of fused-ring (bicyclic) bond motifs is 3. The van der Waals surface area contributed by atoms with Crippen molar-refractivity contribution in [2.24, 2.45) is 0 Å². The molecule has 10 heteroatoms. The van der Waals surface area contributed by atoms with Gasteiger partial charge in [0, 0.05) is 16.8 Å². The highest BCUT2D eigenvalue weighted by molar-refractivity contribution is 7.80. The molecule has 0 fully saturated rings. The zero-order valence-electron chi connectivity index (χ0n) is 21.7. The monoisotopic (exact) mass is 582 g/mol. The molecule has 1 atom stereocenters. The zero-order valence-corrected chi connectivity index (χ0v) is 23.2. The van der Waals surface area contributed by atoms with E-state index in [1.165, 1.54) is 24.3 Å². The number of para-hydroxylation sites is 2. The number of rotatable bonds is 7. The number of aromatic amines is 1. The van der Waals surface area contributed by atoms with Crippen LogP contribution in [0.1, 0.15) is 12.5 Å². The number of anilines is 1. The Morgan fingerprint density at radius 1 is 1.00 bits per heavy atom. The number of nitrogens with zero attached hydrogens (tertiary/aromatic N) is 2. The SMILES string of the molecule is C/C=C(/C(=O)Nc1ccc(-c2[nH]n3c(nc4ccccc43)c2Cl)cc1)c1ccc(OS(=O)c2ccc(O)cc2)cc1. The summed E-state index contributed by atoms with van der Waals surface area (Å²) in [6, 6.07) is 27.9. The second-order valence-corrected chi connectivity index (χ2v) is 10.6. The van der Waals surface area contributed by atoms with E-state index in [0.717, 1.165) is 22.3 Å². The maximum absolute atomic E-state index is 13.1. The number of H-pyrrole nitrogens is 1. The maximum atomic E-state index is 13.1. The van der Waals surface area contributed by atoms with Crippen molar-refractivity contribution in [1.29, 1.82) is 0 Å². The molecule has 0 radical (unpaired) electrons. The predicted molar refractivity (Wildman–Crippen MR) is 161 cm³/mol. The molecule has 41 heavy (non-hydrogen) atoms. The second kappa shape index (κ2) is 11.0. The topological polar surface area (TPSA) is 109 Å². The van der Waals surface area contributed by atoms with Crippen LogP contribution >= 0.6 is 11.6 Å². The van der Waals surface area contributed by atoms with Crippen molar-refractivity contribution < 1.29 is 18.3 Å². The minimum Gasteiger partial charge on any atom is -0.508 e. The van der Waals surface area contributed by atoms with E-state index in [0.29, 0.717) is 38.1 Å². The van der Waals surface area contributed by atoms with Crippen molar-refractivity contribution in [3.63, 3.8) is 0 Å². The Balaban J connectivity index is 1.14. The molecule has 0 spiro atoms. The Morgan fingerprint density at radius 2 is 1.71 bits per heavy atom. The molecule has 0 saturated heterocycles. The van der Waals surface area contributed by atoms with Crippen LogP contribution in [0.3, 0.4) is 0 Å². The molecule has 1 amide bonds. The minimum absolute atomic E-state index is 0.0815. The van der Waals surface area contributed by atoms with Gasteiger partial charge in [0.05, 0.1) is 21.6 Å². The van der Waals surface area contributed by atoms with E-state index in [4.69, 9.17) is 15.8 Å². The molecule has 0 aliphatic heterocycles. The zero-order chi connectivity index (χ0) is 28.5. The molecule has 3 N–H and O–H groups in total. The van der Waals surface area contributed by atoms with Crippen LogP contribution in [0, 0.1) is 0 Å². The number of phenols is 1. The number of halogens is 1. The minimum atomic E-state index is -1.74. The third-order valence-corrected chi connectivity index (χ3v) is 7.89. The van der Waals surface area contributed by atoms with Gasteiger partial charge in [0.2, 0.25) is 11.1 Å². The number of hydrogen-bond donors (Lipinski definition) is 3. The quantitative estimate of drug-likeness (QED) is 0.176. The second-order valence-electron chi connectivity index (χ2n) is 9.13. The van der Waals surface area contributed by atoms with Gasteiger partial charge in [-0.1, -0.05) is 54.1 Å². The predicted octanol–water partition coefficient (Wildman–Crippen LogP) is 6.99. The average molecular weight is 583 g/mol. The van der Waals surface area contributed by atoms with Crippen LogP contribution in [-0.4, -0.2) is 29.8 Å². The van der Waals surface area contributed by atoms with Gasteiger partial charge in [0.1, 0.15) is 16.5 Å². The number of carbonyl (C=O) groups excluding carboxylic acids is 1. The molecule has 0 aliphatic carbocycles. The number of aromatic hydroxyl groups is 1. The van der Waals surface area contributed by atoms with Gasteiger partial charge in [0.15, 0.2) is 5.65 Å². The van der Waals surface area contributed by atoms with Gasteiger partial charge in [-0.2, -0.15) is 0 Å². The number of amides is 1. The van der Waals surface area contributed by atoms with Crippen LogP contribution in [0.25, 0.3) is 33.5 Å². The van der Waals surface area contributed by atoms with Crippen molar-refractivity contribution in [1.82, 2.24) is 14.6 Å². The highest BCUT2D eigenvalue weighted by atomic mass is 35.5. The molecular formula is C31H23ClN4O4S. The molecule has 0 saturated carbocycles. The first-order valence-electron chi connectivity index (χ1n) is 12.6. The van der Waals surface area contributed by atoms with E-state index in [-0.39, 0.29) is 11.7 Å². The lowest BCUT2D eigenvalue weighted by atomic mass is 10.0. The number of phenolic OH excluding ortho intramolecular Hbond substituents is 1. The molecule has 2 heterocycles. The number of carbonyl (C=O) groups is 1. The third-order valence-electron chi connectivity index (χ3n) is 6.53. The Kier molecular flexibility index (Phi) is 7.05. The van der Waals surface area contributed by atoms with Gasteiger partial charge in [-0.25, -0.2) is 13.7 Å². The van der Waals surface area contributed by atoms with E-state index in [9.17, 15) is 14.1 Å². The summed E-state index contributed by atoms with van der Waals surface area (Å²) in [6.45, 7) is 1.79. The fourth-order valence-corrected chi connectivity index (χ4v) is 5.50. The Hall–Kier alpha value is -4.86. The van der Waals surface area contributed by atoms with Crippen molar-refractivity contribution in [3.8, 4) is 22.8 Å². The maximum Gasteiger partial charge on any atom is 0.255 e. The average Bonchev–Trinajstić information content (AvgIpc) is 3.51. The molecule has 1 unspecified atom stereocenters. The third kappa shape index (κ3) is 5.20. The van der Waals surface area contributed by atoms with Crippen molar-refractivity contribution in [2.75, 3.05) is 5.32 Å². The first-order valence-corrected chi connectivity index (χ1v) is 14.1. The molecular weight excluding hydrogens is 560 g/mol. The molecule has 8 nitrogen and oxygen atoms in total. The summed E-state index contributed by atoms with van der Waals surface area (Å²) in [5, 5.41) is 16.2. The van der Waals surface area contributed by atoms with E-state index in [1.54, 1.807) is 37.3 Å². The summed E-state index contributed by atoms with van der Waals surface area (Å²) >= 11 is 4.92. The summed E-state index contributed by atoms with van der Waals surface area (Å²) in [5.74, 6) is 0.192. The highest BCUT2D eigenvalue weighted by Crippen LogP contribution is 2.33. The fourth-order valence-electron chi connectivity index (χ4n) is 4.48. The molecule has 6 rings (SSSR count). The summed E-state index contributed by atoms with van der Waals surface area (Å²) in [7, 11) is 0. The van der Waals surface area contributed by atoms with Gasteiger partial charge >= 0.3 is 0 Å². The van der Waals surface area contributed by atoms with Crippen molar-refractivity contribution in [2.45, 2.75) is 11.8 Å². The number of allylic oxidation sites excluding steroid dienone is 1. The van der Waals surface area contributed by atoms with Crippen LogP contribution in [0.5, 0.6) is 11.5 Å². The van der Waals surface area contributed by atoms with Crippen molar-refractivity contribution >= 4 is 56.5 Å². The van der Waals surface area contributed by atoms with Gasteiger partial charge in [0.25, 0.3) is 5.91 Å². The van der Waals surface area contributed by atoms with Gasteiger partial charge in [-0.15, -0.1) is 0 Å². The number of imidazole rings is 1. The molecule has 6 aromatic rings. The fraction of sp³-hybridized carbons (Fsp3) is 0.0323. The first-order chi connectivity index (χ1) is 19.9. The summed E-state index contributed by atoms with van der Waals surface area (Å²) in [4.78, 5) is 18.2. The first kappa shape index (κ1) is 26.4. The lowest BCUT2D eigenvalue weighted by Crippen LogP contribution is -2.13. The van der Waals surface area contributed by atoms with E-state index >= 15 is 0 Å². The van der Waals surface area contributed by atoms with Crippen LogP contribution in [0.2, 0.25) is 5.02 Å². The molecule has 204 valence electrons. The number of nitrogens with one attached hydrogen (secondary N) is 2. The van der Waals surface area contributed by atoms with Crippen molar-refractivity contribution in [3.05, 3.63) is 114 Å². The number of benzene rings is 4. The number of aromatic nitrogens is 3. The lowest BCUT2D eigenvalue weighted by molar-refractivity contribution is -0.111. The molecule has 0 bridgehead atoms. The summed E-state index contributed by atoms with van der Waals surface area (Å²) in [5.41, 5.74) is 5.81. The largest absolute Gasteiger partial charge is 0.508 e. The van der Waals surface area contributed by atoms with E-state index < -0.39 is 11.1 Å². The van der Waals surface area contributed by atoms with Gasteiger partial charge < -0.3 is 14.6 Å². The van der Waals surface area contributed by atoms with E-state index in [2.05, 4.69) is 15.4 Å². The lowest BCUT2D eigenvalue weighted by Gasteiger charge is -2.11. The Bertz CT molecular complexity index is 1940. The Morgan fingerprint density at radius 3 is 2.41 bits per heavy atom. The molecule has 2 aromatic heterocycles. The van der Waals surface area contributed by atoms with Gasteiger partial charge in [-0.05, 0) is 73.2 Å². The number of hydrogen-bond acceptors (Lipinski definition) is 5. The van der Waals surface area contributed by atoms with Gasteiger partial charge in [-0.3, -0.25) is 9.89 Å². The van der Waals surface area contributed by atoms with Crippen LogP contribution in [0.15, 0.2) is 108 Å². The van der Waals surface area contributed by atoms with Crippen LogP contribution in [0.4, 0.5) is 5.69 Å². The van der Waals surface area contributed by atoms with Crippen LogP contribution in [-0.2, 0) is 15.9 Å². The summed E-state index contributed by atoms with van der Waals surface area (Å²) in [6.07, 6.45) is 1.73. The Labute approximate surface area is 242 Å².